The van der Waals surface area contributed by atoms with Gasteiger partial charge in [-0.05, 0) is 60.7 Å². The van der Waals surface area contributed by atoms with E-state index in [0.717, 1.165) is 79.9 Å². The van der Waals surface area contributed by atoms with Gasteiger partial charge in [-0.2, -0.15) is 0 Å². The van der Waals surface area contributed by atoms with Crippen molar-refractivity contribution >= 4 is 84.3 Å². The number of amides is 2. The molecule has 12 heteroatoms. The van der Waals surface area contributed by atoms with Gasteiger partial charge in [-0.1, -0.05) is 36.4 Å². The zero-order valence-corrected chi connectivity index (χ0v) is 33.4. The molecule has 9 rings (SSSR count). The van der Waals surface area contributed by atoms with Crippen LogP contribution in [0.3, 0.4) is 0 Å². The van der Waals surface area contributed by atoms with Crippen LogP contribution in [0.4, 0.5) is 39.8 Å². The van der Waals surface area contributed by atoms with Crippen molar-refractivity contribution in [2.75, 3.05) is 93.4 Å². The van der Waals surface area contributed by atoms with Crippen LogP contribution in [0, 0.1) is 0 Å². The lowest BCUT2D eigenvalue weighted by Gasteiger charge is -2.31. The number of ether oxygens (including phenoxy) is 1. The molecule has 1 saturated heterocycles. The summed E-state index contributed by atoms with van der Waals surface area (Å²) < 4.78 is 12.1. The molecule has 0 saturated carbocycles. The third kappa shape index (κ3) is 7.28. The normalized spacial score (nSPS) is 14.7. The number of benzene rings is 6. The van der Waals surface area contributed by atoms with Crippen molar-refractivity contribution in [1.29, 1.82) is 0 Å². The lowest BCUT2D eigenvalue weighted by atomic mass is 9.93. The molecule has 1 aromatic heterocycles. The lowest BCUT2D eigenvalue weighted by Crippen LogP contribution is -2.70. The predicted octanol–water partition coefficient (Wildman–Crippen LogP) is 5.88. The summed E-state index contributed by atoms with van der Waals surface area (Å²) in [5.74, 6) is -0.519. The summed E-state index contributed by atoms with van der Waals surface area (Å²) in [6.45, 7) is 4.37. The Morgan fingerprint density at radius 2 is 1.37 bits per heavy atom. The van der Waals surface area contributed by atoms with E-state index in [1.54, 1.807) is 0 Å². The summed E-state index contributed by atoms with van der Waals surface area (Å²) >= 11 is 0. The molecule has 0 unspecified atom stereocenters. The fourth-order valence-corrected chi connectivity index (χ4v) is 7.97. The predicted molar refractivity (Wildman–Crippen MR) is 236 cm³/mol. The highest BCUT2D eigenvalue weighted by Crippen LogP contribution is 2.37. The summed E-state index contributed by atoms with van der Waals surface area (Å²) in [5.41, 5.74) is 15.0. The SMILES string of the molecule is CN(C)c1ccc2c(=[NH+]c3ccccc3N)c3ccc(N(C)CNc4ccccc4Nc4ccc5c6c(cccc46)C(=O)N(CCN4CCOCC4)C5=O)cc3oc2c1. The number of hydrogen-bond acceptors (Lipinski definition) is 10. The Balaban J connectivity index is 0.972. The van der Waals surface area contributed by atoms with Crippen LogP contribution in [0.15, 0.2) is 120 Å². The number of nitrogens with zero attached hydrogens (tertiary/aromatic N) is 4. The van der Waals surface area contributed by atoms with E-state index in [2.05, 4.69) is 66.7 Å². The van der Waals surface area contributed by atoms with E-state index in [1.807, 2.05) is 100 Å². The molecule has 2 amide bonds. The van der Waals surface area contributed by atoms with Crippen LogP contribution in [0.2, 0.25) is 0 Å². The number of carbonyl (C=O) groups is 2. The second-order valence-electron chi connectivity index (χ2n) is 15.3. The van der Waals surface area contributed by atoms with E-state index >= 15 is 0 Å². The molecule has 1 fully saturated rings. The Morgan fingerprint density at radius 3 is 2.12 bits per heavy atom. The summed E-state index contributed by atoms with van der Waals surface area (Å²) in [5, 5.41) is 11.5. The van der Waals surface area contributed by atoms with Gasteiger partial charge in [0.1, 0.15) is 16.9 Å². The highest BCUT2D eigenvalue weighted by atomic mass is 16.5. The molecule has 298 valence electrons. The second kappa shape index (κ2) is 15.8. The zero-order valence-electron chi connectivity index (χ0n) is 33.4. The first-order chi connectivity index (χ1) is 28.7. The number of rotatable bonds is 11. The van der Waals surface area contributed by atoms with Crippen LogP contribution in [-0.2, 0) is 4.74 Å². The van der Waals surface area contributed by atoms with Gasteiger partial charge in [0.2, 0.25) is 11.0 Å². The second-order valence-corrected chi connectivity index (χ2v) is 15.3. The van der Waals surface area contributed by atoms with Crippen LogP contribution in [0.1, 0.15) is 20.7 Å². The molecular weight excluding hydrogens is 741 g/mol. The summed E-state index contributed by atoms with van der Waals surface area (Å²) in [7, 11) is 6.06. The monoisotopic (exact) mass is 787 g/mol. The van der Waals surface area contributed by atoms with Crippen molar-refractivity contribution in [3.63, 3.8) is 0 Å². The number of nitrogen functional groups attached to an aromatic ring is 1. The molecule has 0 spiro atoms. The minimum atomic E-state index is -0.259. The molecule has 12 nitrogen and oxygen atoms in total. The van der Waals surface area contributed by atoms with Crippen LogP contribution >= 0.6 is 0 Å². The third-order valence-corrected chi connectivity index (χ3v) is 11.3. The van der Waals surface area contributed by atoms with Crippen LogP contribution in [-0.4, -0.2) is 88.8 Å². The first-order valence-electron chi connectivity index (χ1n) is 19.9. The Labute approximate surface area is 342 Å². The molecule has 7 aromatic rings. The fourth-order valence-electron chi connectivity index (χ4n) is 7.97. The third-order valence-electron chi connectivity index (χ3n) is 11.3. The molecule has 5 N–H and O–H groups in total. The molecule has 2 aliphatic heterocycles. The van der Waals surface area contributed by atoms with Crippen molar-refractivity contribution in [1.82, 2.24) is 9.80 Å². The molecule has 0 radical (unpaired) electrons. The zero-order chi connectivity index (χ0) is 40.6. The van der Waals surface area contributed by atoms with E-state index in [0.29, 0.717) is 55.2 Å². The van der Waals surface area contributed by atoms with E-state index in [4.69, 9.17) is 14.9 Å². The number of imide groups is 1. The average molecular weight is 788 g/mol. The Morgan fingerprint density at radius 1 is 0.695 bits per heavy atom. The Bertz CT molecular complexity index is 2810. The van der Waals surface area contributed by atoms with E-state index in [1.165, 1.54) is 4.90 Å². The molecule has 0 atom stereocenters. The van der Waals surface area contributed by atoms with Gasteiger partial charge in [-0.3, -0.25) is 19.4 Å². The molecular formula is C47H47N8O4+. The topological polar surface area (TPSA) is 134 Å². The highest BCUT2D eigenvalue weighted by molar-refractivity contribution is 6.27. The largest absolute Gasteiger partial charge is 0.455 e. The quantitative estimate of drug-likeness (QED) is 0.0546. The minimum absolute atomic E-state index is 0.259. The Hall–Kier alpha value is -6.89. The fraction of sp³-hybridized carbons (Fsp3) is 0.213. The standard InChI is InChI=1S/C47H46N8O4/c1-52(2)30-15-17-33-42(27-30)59-43-28-31(16-18-34(43)45(33)51-39-12-5-4-11-37(39)48)53(3)29-49-40-13-6-7-14-41(40)50-38-20-19-36-44-32(38)9-8-10-35(44)46(56)55(47(36)57)22-21-54-23-25-58-26-24-54/h4-20,27-28,49-50H,21-26,29,48H2,1-3H3/p+1. The number of anilines is 6. The van der Waals surface area contributed by atoms with Crippen LogP contribution < -0.4 is 36.5 Å². The van der Waals surface area contributed by atoms with E-state index < -0.39 is 0 Å². The lowest BCUT2D eigenvalue weighted by molar-refractivity contribution is -0.398. The smallest absolute Gasteiger partial charge is 0.261 e. The number of hydrogen-bond donors (Lipinski definition) is 4. The molecule has 59 heavy (non-hydrogen) atoms. The van der Waals surface area contributed by atoms with Gasteiger partial charge < -0.3 is 35.3 Å². The average Bonchev–Trinajstić information content (AvgIpc) is 3.26. The van der Waals surface area contributed by atoms with Crippen molar-refractivity contribution in [3.8, 4) is 0 Å². The summed E-state index contributed by atoms with van der Waals surface area (Å²) in [4.78, 5) is 38.9. The number of para-hydroxylation sites is 4. The number of nitrogens with two attached hydrogens (primary N) is 1. The summed E-state index contributed by atoms with van der Waals surface area (Å²) in [6, 6.07) is 37.6. The first kappa shape index (κ1) is 37.7. The van der Waals surface area contributed by atoms with Gasteiger partial charge in [-0.15, -0.1) is 0 Å². The number of nitrogens with one attached hydrogen (secondary N) is 3. The number of carbonyl (C=O) groups excluding carboxylic acids is 2. The van der Waals surface area contributed by atoms with Crippen LogP contribution in [0.25, 0.3) is 32.7 Å². The Kier molecular flexibility index (Phi) is 10.1. The van der Waals surface area contributed by atoms with E-state index in [9.17, 15) is 9.59 Å². The van der Waals surface area contributed by atoms with Crippen LogP contribution in [0.5, 0.6) is 0 Å². The molecule has 2 aliphatic rings. The van der Waals surface area contributed by atoms with Gasteiger partial charge in [0.25, 0.3) is 11.8 Å². The first-order valence-corrected chi connectivity index (χ1v) is 19.9. The molecule has 0 aliphatic carbocycles. The summed E-state index contributed by atoms with van der Waals surface area (Å²) in [6.07, 6.45) is 0. The van der Waals surface area contributed by atoms with Crippen molar-refractivity contribution in [2.24, 2.45) is 0 Å². The maximum absolute atomic E-state index is 13.8. The van der Waals surface area contributed by atoms with Gasteiger partial charge in [0, 0.05) is 104 Å². The van der Waals surface area contributed by atoms with E-state index in [-0.39, 0.29) is 11.8 Å². The molecule has 0 bridgehead atoms. The van der Waals surface area contributed by atoms with Crippen molar-refractivity contribution < 1.29 is 23.7 Å². The van der Waals surface area contributed by atoms with Gasteiger partial charge in [0.05, 0.1) is 42.0 Å². The highest BCUT2D eigenvalue weighted by Gasteiger charge is 2.33. The van der Waals surface area contributed by atoms with Gasteiger partial charge in [-0.25, -0.2) is 4.99 Å². The maximum Gasteiger partial charge on any atom is 0.261 e. The maximum atomic E-state index is 13.8. The molecule has 3 heterocycles. The number of fused-ring (bicyclic) bond motifs is 2. The minimum Gasteiger partial charge on any atom is -0.455 e. The van der Waals surface area contributed by atoms with Gasteiger partial charge in [0.15, 0.2) is 0 Å². The number of morpholine rings is 1. The van der Waals surface area contributed by atoms with Crippen molar-refractivity contribution in [3.05, 3.63) is 132 Å². The van der Waals surface area contributed by atoms with Gasteiger partial charge >= 0.3 is 0 Å². The molecule has 6 aromatic carbocycles. The van der Waals surface area contributed by atoms with Crippen molar-refractivity contribution in [2.45, 2.75) is 0 Å².